The average Bonchev–Trinajstić information content (AvgIpc) is 2.69. The monoisotopic (exact) mass is 353 g/mol. The number of carbonyl (C=O) groups is 1. The van der Waals surface area contributed by atoms with E-state index >= 15 is 0 Å². The van der Waals surface area contributed by atoms with Gasteiger partial charge in [-0.25, -0.2) is 8.42 Å². The molecule has 1 aromatic heterocycles. The second-order valence-electron chi connectivity index (χ2n) is 5.04. The van der Waals surface area contributed by atoms with Gasteiger partial charge in [-0.15, -0.1) is 0 Å². The van der Waals surface area contributed by atoms with Crippen LogP contribution in [-0.4, -0.2) is 30.4 Å². The van der Waals surface area contributed by atoms with Gasteiger partial charge in [0.2, 0.25) is 5.91 Å². The summed E-state index contributed by atoms with van der Waals surface area (Å²) < 4.78 is 24.5. The van der Waals surface area contributed by atoms with Gasteiger partial charge in [-0.2, -0.15) is 5.10 Å². The maximum atomic E-state index is 12.0. The van der Waals surface area contributed by atoms with Crippen LogP contribution in [0.1, 0.15) is 11.3 Å². The summed E-state index contributed by atoms with van der Waals surface area (Å²) in [6.07, 6.45) is 4.00. The lowest BCUT2D eigenvalue weighted by atomic mass is 10.2. The molecule has 0 spiro atoms. The van der Waals surface area contributed by atoms with Gasteiger partial charge in [-0.3, -0.25) is 9.48 Å². The molecule has 1 aromatic carbocycles. The van der Waals surface area contributed by atoms with Crippen molar-refractivity contribution in [2.24, 2.45) is 7.05 Å². The standard InChI is InChI=1S/C15H16ClN3O3S/c1-10-13(15(16)19(2)18-10)7-8-14(20)17-11-5-4-6-12(9-11)23(3,21)22/h4-9H,1-3H3,(H,17,20)/b8-7+. The molecule has 1 amide bonds. The Morgan fingerprint density at radius 3 is 2.65 bits per heavy atom. The summed E-state index contributed by atoms with van der Waals surface area (Å²) in [7, 11) is -1.61. The van der Waals surface area contributed by atoms with Crippen LogP contribution in [0.15, 0.2) is 35.2 Å². The number of aryl methyl sites for hydroxylation is 2. The Labute approximate surface area is 139 Å². The third-order valence-corrected chi connectivity index (χ3v) is 4.69. The summed E-state index contributed by atoms with van der Waals surface area (Å²) >= 11 is 6.08. The van der Waals surface area contributed by atoms with Crippen molar-refractivity contribution in [1.82, 2.24) is 9.78 Å². The van der Waals surface area contributed by atoms with Gasteiger partial charge in [0.1, 0.15) is 5.15 Å². The first-order chi connectivity index (χ1) is 10.7. The van der Waals surface area contributed by atoms with Crippen molar-refractivity contribution in [2.75, 3.05) is 11.6 Å². The number of halogens is 1. The predicted octanol–water partition coefficient (Wildman–Crippen LogP) is 2.44. The van der Waals surface area contributed by atoms with Crippen LogP contribution in [-0.2, 0) is 21.7 Å². The van der Waals surface area contributed by atoms with Crippen LogP contribution in [0.25, 0.3) is 6.08 Å². The molecule has 1 N–H and O–H groups in total. The van der Waals surface area contributed by atoms with Gasteiger partial charge in [0.05, 0.1) is 10.6 Å². The highest BCUT2D eigenvalue weighted by molar-refractivity contribution is 7.90. The third-order valence-electron chi connectivity index (χ3n) is 3.13. The minimum absolute atomic E-state index is 0.144. The van der Waals surface area contributed by atoms with Crippen molar-refractivity contribution in [1.29, 1.82) is 0 Å². The lowest BCUT2D eigenvalue weighted by molar-refractivity contribution is -0.111. The molecule has 2 aromatic rings. The number of benzene rings is 1. The number of nitrogens with one attached hydrogen (secondary N) is 1. The first-order valence-electron chi connectivity index (χ1n) is 6.67. The quantitative estimate of drug-likeness (QED) is 0.856. The third kappa shape index (κ3) is 4.20. The molecule has 0 saturated carbocycles. The minimum atomic E-state index is -3.32. The fourth-order valence-electron chi connectivity index (χ4n) is 1.98. The molecule has 0 aliphatic heterocycles. The molecular formula is C15H16ClN3O3S. The van der Waals surface area contributed by atoms with E-state index < -0.39 is 15.7 Å². The molecular weight excluding hydrogens is 338 g/mol. The van der Waals surface area contributed by atoms with Crippen LogP contribution in [0.3, 0.4) is 0 Å². The second-order valence-corrected chi connectivity index (χ2v) is 7.41. The van der Waals surface area contributed by atoms with Crippen molar-refractivity contribution in [3.8, 4) is 0 Å². The lowest BCUT2D eigenvalue weighted by Gasteiger charge is -2.04. The number of anilines is 1. The molecule has 0 saturated heterocycles. The number of aromatic nitrogens is 2. The Morgan fingerprint density at radius 1 is 1.39 bits per heavy atom. The van der Waals surface area contributed by atoms with E-state index in [-0.39, 0.29) is 4.90 Å². The predicted molar refractivity (Wildman–Crippen MR) is 90.2 cm³/mol. The van der Waals surface area contributed by atoms with Crippen LogP contribution in [0, 0.1) is 6.92 Å². The van der Waals surface area contributed by atoms with Gasteiger partial charge < -0.3 is 5.32 Å². The zero-order valence-corrected chi connectivity index (χ0v) is 14.4. The number of amides is 1. The SMILES string of the molecule is Cc1nn(C)c(Cl)c1/C=C/C(=O)Nc1cccc(S(C)(=O)=O)c1. The molecule has 0 unspecified atom stereocenters. The molecule has 0 aliphatic rings. The van der Waals surface area contributed by atoms with E-state index in [2.05, 4.69) is 10.4 Å². The van der Waals surface area contributed by atoms with Crippen molar-refractivity contribution < 1.29 is 13.2 Å². The van der Waals surface area contributed by atoms with Gasteiger partial charge in [-0.05, 0) is 31.2 Å². The maximum Gasteiger partial charge on any atom is 0.248 e. The topological polar surface area (TPSA) is 81.1 Å². The molecule has 0 fully saturated rings. The van der Waals surface area contributed by atoms with Crippen LogP contribution < -0.4 is 5.32 Å². The summed E-state index contributed by atoms with van der Waals surface area (Å²) in [5, 5.41) is 7.19. The van der Waals surface area contributed by atoms with Crippen LogP contribution >= 0.6 is 11.6 Å². The Balaban J connectivity index is 2.15. The molecule has 2 rings (SSSR count). The molecule has 1 heterocycles. The summed E-state index contributed by atoms with van der Waals surface area (Å²) in [6, 6.07) is 6.06. The Hall–Kier alpha value is -2.12. The smallest absolute Gasteiger partial charge is 0.248 e. The largest absolute Gasteiger partial charge is 0.322 e. The second kappa shape index (κ2) is 6.55. The lowest BCUT2D eigenvalue weighted by Crippen LogP contribution is -2.08. The fourth-order valence-corrected chi connectivity index (χ4v) is 2.89. The van der Waals surface area contributed by atoms with E-state index in [4.69, 9.17) is 11.6 Å². The fraction of sp³-hybridized carbons (Fsp3) is 0.200. The zero-order chi connectivity index (χ0) is 17.2. The highest BCUT2D eigenvalue weighted by Gasteiger charge is 2.10. The number of sulfone groups is 1. The highest BCUT2D eigenvalue weighted by atomic mass is 35.5. The molecule has 0 atom stereocenters. The summed E-state index contributed by atoms with van der Waals surface area (Å²) in [4.78, 5) is 12.1. The van der Waals surface area contributed by atoms with E-state index in [1.165, 1.54) is 22.9 Å². The van der Waals surface area contributed by atoms with E-state index in [1.54, 1.807) is 32.2 Å². The molecule has 8 heteroatoms. The normalized spacial score (nSPS) is 11.8. The van der Waals surface area contributed by atoms with Gasteiger partial charge in [-0.1, -0.05) is 17.7 Å². The first kappa shape index (κ1) is 17.2. The summed E-state index contributed by atoms with van der Waals surface area (Å²) in [5.74, 6) is -0.394. The van der Waals surface area contributed by atoms with Gasteiger partial charge in [0.25, 0.3) is 0 Å². The van der Waals surface area contributed by atoms with E-state index in [0.29, 0.717) is 22.1 Å². The van der Waals surface area contributed by atoms with Gasteiger partial charge in [0, 0.05) is 30.6 Å². The summed E-state index contributed by atoms with van der Waals surface area (Å²) in [6.45, 7) is 1.79. The molecule has 23 heavy (non-hydrogen) atoms. The van der Waals surface area contributed by atoms with Crippen LogP contribution in [0.5, 0.6) is 0 Å². The van der Waals surface area contributed by atoms with E-state index in [0.717, 1.165) is 6.26 Å². The van der Waals surface area contributed by atoms with E-state index in [1.807, 2.05) is 0 Å². The average molecular weight is 354 g/mol. The van der Waals surface area contributed by atoms with Crippen molar-refractivity contribution in [3.05, 3.63) is 46.8 Å². The van der Waals surface area contributed by atoms with Crippen molar-refractivity contribution >= 4 is 39.1 Å². The molecule has 0 aliphatic carbocycles. The Bertz CT molecular complexity index is 885. The van der Waals surface area contributed by atoms with Gasteiger partial charge >= 0.3 is 0 Å². The number of hydrogen-bond acceptors (Lipinski definition) is 4. The molecule has 0 radical (unpaired) electrons. The maximum absolute atomic E-state index is 12.0. The van der Waals surface area contributed by atoms with Crippen molar-refractivity contribution in [3.63, 3.8) is 0 Å². The van der Waals surface area contributed by atoms with Gasteiger partial charge in [0.15, 0.2) is 9.84 Å². The highest BCUT2D eigenvalue weighted by Crippen LogP contribution is 2.20. The number of carbonyl (C=O) groups excluding carboxylic acids is 1. The molecule has 122 valence electrons. The zero-order valence-electron chi connectivity index (χ0n) is 12.9. The number of rotatable bonds is 4. The van der Waals surface area contributed by atoms with Crippen LogP contribution in [0.4, 0.5) is 5.69 Å². The summed E-state index contributed by atoms with van der Waals surface area (Å²) in [5.41, 5.74) is 1.77. The van der Waals surface area contributed by atoms with Crippen molar-refractivity contribution in [2.45, 2.75) is 11.8 Å². The molecule has 0 bridgehead atoms. The first-order valence-corrected chi connectivity index (χ1v) is 8.93. The number of nitrogens with zero attached hydrogens (tertiary/aromatic N) is 2. The Morgan fingerprint density at radius 2 is 2.09 bits per heavy atom. The number of hydrogen-bond donors (Lipinski definition) is 1. The Kier molecular flexibility index (Phi) is 4.91. The van der Waals surface area contributed by atoms with Crippen LogP contribution in [0.2, 0.25) is 5.15 Å². The molecule has 6 nitrogen and oxygen atoms in total. The minimum Gasteiger partial charge on any atom is -0.322 e. The van der Waals surface area contributed by atoms with E-state index in [9.17, 15) is 13.2 Å².